The molecule has 1 aromatic carbocycles. The summed E-state index contributed by atoms with van der Waals surface area (Å²) < 4.78 is 1.12. The minimum Gasteiger partial charge on any atom is -0.397 e. The molecule has 1 aliphatic rings. The van der Waals surface area contributed by atoms with E-state index >= 15 is 0 Å². The van der Waals surface area contributed by atoms with Crippen LogP contribution in [0.25, 0.3) is 10.2 Å². The lowest BCUT2D eigenvalue weighted by atomic mass is 9.64. The molecule has 0 spiro atoms. The summed E-state index contributed by atoms with van der Waals surface area (Å²) in [5.41, 5.74) is 8.63. The topological polar surface area (TPSA) is 71.2 Å². The third-order valence-corrected chi connectivity index (χ3v) is 5.15. The van der Waals surface area contributed by atoms with Gasteiger partial charge in [-0.2, -0.15) is 0 Å². The fourth-order valence-electron chi connectivity index (χ4n) is 2.56. The number of rotatable bonds is 2. The van der Waals surface area contributed by atoms with Crippen LogP contribution in [0.3, 0.4) is 0 Å². The van der Waals surface area contributed by atoms with Gasteiger partial charge in [0.05, 0.1) is 32.7 Å². The largest absolute Gasteiger partial charge is 0.397 e. The number of nitrogens with one attached hydrogen (secondary N) is 1. The second-order valence-electron chi connectivity index (χ2n) is 5.91. The second-order valence-corrected chi connectivity index (χ2v) is 7.14. The molecule has 0 bridgehead atoms. The van der Waals surface area contributed by atoms with Crippen molar-refractivity contribution in [3.8, 4) is 0 Å². The predicted molar refractivity (Wildman–Crippen MR) is 80.6 cm³/mol. The minimum absolute atomic E-state index is 0.112. The molecule has 3 rings (SSSR count). The molecule has 1 heterocycles. The molecule has 19 heavy (non-hydrogen) atoms. The number of aromatic nitrogens is 1. The van der Waals surface area contributed by atoms with Crippen molar-refractivity contribution in [1.29, 1.82) is 0 Å². The third-order valence-electron chi connectivity index (χ3n) is 4.21. The van der Waals surface area contributed by atoms with E-state index in [1.165, 1.54) is 0 Å². The lowest BCUT2D eigenvalue weighted by molar-refractivity contribution is -0.0510. The van der Waals surface area contributed by atoms with Crippen LogP contribution in [0, 0.1) is 12.3 Å². The van der Waals surface area contributed by atoms with Gasteiger partial charge in [0.2, 0.25) is 0 Å². The number of aliphatic hydroxyl groups is 1. The molecule has 1 saturated carbocycles. The van der Waals surface area contributed by atoms with Crippen LogP contribution in [0.15, 0.2) is 12.1 Å². The SMILES string of the molecule is Cc1nc2cc(NC3CC(O)C3(C)C)c(N)cc2s1. The standard InChI is InChI=1S/C14H19N3OS/c1-7-16-10-5-9(8(15)4-11(10)19-7)17-12-6-13(18)14(12,2)3/h4-5,12-13,17-18H,6,15H2,1-3H3. The summed E-state index contributed by atoms with van der Waals surface area (Å²) in [7, 11) is 0. The average Bonchev–Trinajstić information content (AvgIpc) is 2.68. The van der Waals surface area contributed by atoms with Crippen LogP contribution in [-0.2, 0) is 0 Å². The number of nitrogens with two attached hydrogens (primary N) is 1. The third kappa shape index (κ3) is 1.97. The number of anilines is 2. The summed E-state index contributed by atoms with van der Waals surface area (Å²) in [4.78, 5) is 4.49. The number of aryl methyl sites for hydroxylation is 1. The summed E-state index contributed by atoms with van der Waals surface area (Å²) in [5, 5.41) is 14.3. The fraction of sp³-hybridized carbons (Fsp3) is 0.500. The van der Waals surface area contributed by atoms with Gasteiger partial charge in [-0.25, -0.2) is 4.98 Å². The molecule has 2 aromatic rings. The van der Waals surface area contributed by atoms with Gasteiger partial charge in [0.25, 0.3) is 0 Å². The van der Waals surface area contributed by atoms with Crippen molar-refractivity contribution in [2.75, 3.05) is 11.1 Å². The maximum Gasteiger partial charge on any atom is 0.0907 e. The van der Waals surface area contributed by atoms with Gasteiger partial charge < -0.3 is 16.2 Å². The Morgan fingerprint density at radius 3 is 2.84 bits per heavy atom. The molecule has 102 valence electrons. The Bertz CT molecular complexity index is 635. The summed E-state index contributed by atoms with van der Waals surface area (Å²) in [6.07, 6.45) is 0.525. The van der Waals surface area contributed by atoms with E-state index in [-0.39, 0.29) is 17.6 Å². The lowest BCUT2D eigenvalue weighted by Gasteiger charge is -2.50. The van der Waals surface area contributed by atoms with Crippen molar-refractivity contribution < 1.29 is 5.11 Å². The van der Waals surface area contributed by atoms with Crippen LogP contribution in [0.2, 0.25) is 0 Å². The number of hydrogen-bond donors (Lipinski definition) is 3. The first-order valence-corrected chi connectivity index (χ1v) is 7.31. The van der Waals surface area contributed by atoms with Crippen molar-refractivity contribution in [1.82, 2.24) is 4.98 Å². The molecule has 1 aliphatic carbocycles. The van der Waals surface area contributed by atoms with Gasteiger partial charge in [-0.1, -0.05) is 13.8 Å². The Labute approximate surface area is 116 Å². The molecule has 1 fully saturated rings. The number of benzene rings is 1. The van der Waals surface area contributed by atoms with E-state index in [1.807, 2.05) is 19.1 Å². The maximum atomic E-state index is 9.79. The van der Waals surface area contributed by atoms with E-state index in [4.69, 9.17) is 5.73 Å². The summed E-state index contributed by atoms with van der Waals surface area (Å²) in [5.74, 6) is 0. The number of hydrogen-bond acceptors (Lipinski definition) is 5. The number of fused-ring (bicyclic) bond motifs is 1. The van der Waals surface area contributed by atoms with Gasteiger partial charge in [-0.3, -0.25) is 0 Å². The normalized spacial score (nSPS) is 25.3. The van der Waals surface area contributed by atoms with Crippen LogP contribution in [0.5, 0.6) is 0 Å². The van der Waals surface area contributed by atoms with Crippen LogP contribution >= 0.6 is 11.3 Å². The molecule has 0 aliphatic heterocycles. The van der Waals surface area contributed by atoms with Crippen LogP contribution in [-0.4, -0.2) is 22.2 Å². The van der Waals surface area contributed by atoms with Gasteiger partial charge in [-0.15, -0.1) is 11.3 Å². The zero-order valence-electron chi connectivity index (χ0n) is 11.4. The minimum atomic E-state index is -0.239. The first kappa shape index (κ1) is 12.7. The lowest BCUT2D eigenvalue weighted by Crippen LogP contribution is -2.56. The van der Waals surface area contributed by atoms with Gasteiger partial charge in [0.1, 0.15) is 0 Å². The summed E-state index contributed by atoms with van der Waals surface area (Å²) >= 11 is 1.65. The molecule has 2 unspecified atom stereocenters. The monoisotopic (exact) mass is 277 g/mol. The summed E-state index contributed by atoms with van der Waals surface area (Å²) in [6.45, 7) is 6.14. The van der Waals surface area contributed by atoms with E-state index in [9.17, 15) is 5.11 Å². The van der Waals surface area contributed by atoms with E-state index < -0.39 is 0 Å². The Kier molecular flexibility index (Phi) is 2.73. The quantitative estimate of drug-likeness (QED) is 0.738. The van der Waals surface area contributed by atoms with Crippen molar-refractivity contribution in [3.63, 3.8) is 0 Å². The highest BCUT2D eigenvalue weighted by molar-refractivity contribution is 7.18. The van der Waals surface area contributed by atoms with Crippen molar-refractivity contribution in [3.05, 3.63) is 17.1 Å². The fourth-order valence-corrected chi connectivity index (χ4v) is 3.42. The predicted octanol–water partition coefficient (Wildman–Crippen LogP) is 2.76. The Morgan fingerprint density at radius 2 is 2.21 bits per heavy atom. The number of aliphatic hydroxyl groups excluding tert-OH is 1. The molecule has 2 atom stereocenters. The molecule has 4 N–H and O–H groups in total. The maximum absolute atomic E-state index is 9.79. The highest BCUT2D eigenvalue weighted by Crippen LogP contribution is 2.43. The van der Waals surface area contributed by atoms with Crippen LogP contribution < -0.4 is 11.1 Å². The number of nitrogens with zero attached hydrogens (tertiary/aromatic N) is 1. The number of thiazole rings is 1. The van der Waals surface area contributed by atoms with Crippen LogP contribution in [0.4, 0.5) is 11.4 Å². The van der Waals surface area contributed by atoms with E-state index in [0.29, 0.717) is 0 Å². The second kappa shape index (κ2) is 4.08. The smallest absolute Gasteiger partial charge is 0.0907 e. The molecule has 4 nitrogen and oxygen atoms in total. The first-order chi connectivity index (χ1) is 8.88. The zero-order chi connectivity index (χ0) is 13.8. The Hall–Kier alpha value is -1.33. The first-order valence-electron chi connectivity index (χ1n) is 6.49. The van der Waals surface area contributed by atoms with Gasteiger partial charge in [-0.05, 0) is 25.5 Å². The molecule has 0 saturated heterocycles. The van der Waals surface area contributed by atoms with Crippen LogP contribution in [0.1, 0.15) is 25.3 Å². The van der Waals surface area contributed by atoms with Crippen molar-refractivity contribution >= 4 is 32.9 Å². The van der Waals surface area contributed by atoms with Gasteiger partial charge in [0, 0.05) is 11.5 Å². The average molecular weight is 277 g/mol. The zero-order valence-corrected chi connectivity index (χ0v) is 12.2. The summed E-state index contributed by atoms with van der Waals surface area (Å²) in [6, 6.07) is 4.24. The van der Waals surface area contributed by atoms with Crippen molar-refractivity contribution in [2.45, 2.75) is 39.3 Å². The molecular weight excluding hydrogens is 258 g/mol. The van der Waals surface area contributed by atoms with Crippen molar-refractivity contribution in [2.24, 2.45) is 5.41 Å². The van der Waals surface area contributed by atoms with E-state index in [2.05, 4.69) is 24.1 Å². The highest BCUT2D eigenvalue weighted by Gasteiger charge is 2.47. The van der Waals surface area contributed by atoms with E-state index in [1.54, 1.807) is 11.3 Å². The Morgan fingerprint density at radius 1 is 1.47 bits per heavy atom. The molecular formula is C14H19N3OS. The van der Waals surface area contributed by atoms with Gasteiger partial charge in [0.15, 0.2) is 0 Å². The highest BCUT2D eigenvalue weighted by atomic mass is 32.1. The molecule has 0 radical (unpaired) electrons. The molecule has 1 aromatic heterocycles. The Balaban J connectivity index is 1.91. The number of nitrogen functional groups attached to an aromatic ring is 1. The van der Waals surface area contributed by atoms with Gasteiger partial charge >= 0.3 is 0 Å². The molecule has 5 heteroatoms. The van der Waals surface area contributed by atoms with E-state index in [0.717, 1.165) is 33.0 Å². The molecule has 0 amide bonds.